The highest BCUT2D eigenvalue weighted by Gasteiger charge is 2.16. The Labute approximate surface area is 136 Å². The Morgan fingerprint density at radius 1 is 0.957 bits per heavy atom. The van der Waals surface area contributed by atoms with Gasteiger partial charge in [0.25, 0.3) is 0 Å². The Bertz CT molecular complexity index is 721. The summed E-state index contributed by atoms with van der Waals surface area (Å²) in [6, 6.07) is 12.8. The summed E-state index contributed by atoms with van der Waals surface area (Å²) in [4.78, 5) is 0.119. The molecule has 1 unspecified atom stereocenters. The molecule has 23 heavy (non-hydrogen) atoms. The molecule has 0 amide bonds. The molecule has 1 atom stereocenters. The second-order valence-electron chi connectivity index (χ2n) is 4.96. The molecule has 0 aromatic heterocycles. The zero-order valence-corrected chi connectivity index (χ0v) is 14.2. The molecule has 0 N–H and O–H groups in total. The second-order valence-corrected chi connectivity index (χ2v) is 6.51. The van der Waals surface area contributed by atoms with Crippen molar-refractivity contribution in [1.82, 2.24) is 0 Å². The first-order valence-corrected chi connectivity index (χ1v) is 8.71. The van der Waals surface area contributed by atoms with Gasteiger partial charge in [0.15, 0.2) is 6.29 Å². The number of benzene rings is 2. The van der Waals surface area contributed by atoms with E-state index in [1.54, 1.807) is 43.3 Å². The van der Waals surface area contributed by atoms with E-state index in [1.807, 2.05) is 13.8 Å². The number of hydrogen-bond acceptors (Lipinski definition) is 5. The molecule has 0 saturated heterocycles. The molecule has 6 heteroatoms. The van der Waals surface area contributed by atoms with Crippen LogP contribution in [0.2, 0.25) is 0 Å². The van der Waals surface area contributed by atoms with Crippen molar-refractivity contribution in [2.75, 3.05) is 6.61 Å². The Hall–Kier alpha value is -2.05. The Morgan fingerprint density at radius 3 is 2.09 bits per heavy atom. The van der Waals surface area contributed by atoms with Crippen LogP contribution in [0.3, 0.4) is 0 Å². The van der Waals surface area contributed by atoms with Crippen molar-refractivity contribution in [2.24, 2.45) is 0 Å². The Balaban J connectivity index is 2.06. The number of aryl methyl sites for hydroxylation is 1. The molecule has 5 nitrogen and oxygen atoms in total. The fourth-order valence-corrected chi connectivity index (χ4v) is 2.84. The summed E-state index contributed by atoms with van der Waals surface area (Å²) >= 11 is 0. The number of hydrogen-bond donors (Lipinski definition) is 0. The normalized spacial score (nSPS) is 12.7. The monoisotopic (exact) mass is 336 g/mol. The van der Waals surface area contributed by atoms with E-state index in [0.29, 0.717) is 12.4 Å². The van der Waals surface area contributed by atoms with Crippen molar-refractivity contribution in [1.29, 1.82) is 0 Å². The van der Waals surface area contributed by atoms with Crippen LogP contribution in [0, 0.1) is 6.92 Å². The molecule has 0 radical (unpaired) electrons. The minimum Gasteiger partial charge on any atom is -0.465 e. The number of rotatable bonds is 7. The maximum absolute atomic E-state index is 12.2. The first kappa shape index (κ1) is 17.3. The van der Waals surface area contributed by atoms with Crippen LogP contribution in [0.4, 0.5) is 0 Å². The molecule has 2 rings (SSSR count). The predicted molar refractivity (Wildman–Crippen MR) is 87.2 cm³/mol. The summed E-state index contributed by atoms with van der Waals surface area (Å²) in [6.07, 6.45) is -0.372. The van der Waals surface area contributed by atoms with Crippen LogP contribution in [0.25, 0.3) is 0 Å². The molecule has 0 saturated carbocycles. The molecule has 2 aromatic rings. The molecule has 2 aromatic carbocycles. The van der Waals surface area contributed by atoms with Gasteiger partial charge >= 0.3 is 10.1 Å². The van der Waals surface area contributed by atoms with Gasteiger partial charge < -0.3 is 13.7 Å². The topological polar surface area (TPSA) is 61.8 Å². The fraction of sp³-hybridized carbons (Fsp3) is 0.294. The molecule has 0 aliphatic rings. The maximum atomic E-state index is 12.2. The predicted octanol–water partition coefficient (Wildman–Crippen LogP) is 3.52. The third-order valence-electron chi connectivity index (χ3n) is 3.04. The van der Waals surface area contributed by atoms with Crippen LogP contribution in [0.5, 0.6) is 11.5 Å². The third kappa shape index (κ3) is 4.97. The van der Waals surface area contributed by atoms with Gasteiger partial charge in [0.1, 0.15) is 16.4 Å². The zero-order valence-electron chi connectivity index (χ0n) is 13.4. The first-order valence-electron chi connectivity index (χ1n) is 7.30. The second kappa shape index (κ2) is 7.48. The Morgan fingerprint density at radius 2 is 1.52 bits per heavy atom. The molecule has 0 fully saturated rings. The lowest BCUT2D eigenvalue weighted by atomic mass is 10.2. The molecule has 0 heterocycles. The molecule has 0 aliphatic carbocycles. The van der Waals surface area contributed by atoms with E-state index in [2.05, 4.69) is 0 Å². The highest BCUT2D eigenvalue weighted by atomic mass is 32.2. The van der Waals surface area contributed by atoms with Crippen molar-refractivity contribution < 1.29 is 22.1 Å². The van der Waals surface area contributed by atoms with Crippen LogP contribution in [-0.4, -0.2) is 21.3 Å². The SMILES string of the molecule is CCOC(C)Oc1ccc(OS(=O)(=O)c2ccc(C)cc2)cc1. The molecule has 0 bridgehead atoms. The smallest absolute Gasteiger partial charge is 0.339 e. The van der Waals surface area contributed by atoms with Crippen molar-refractivity contribution >= 4 is 10.1 Å². The van der Waals surface area contributed by atoms with E-state index >= 15 is 0 Å². The summed E-state index contributed by atoms with van der Waals surface area (Å²) in [5.41, 5.74) is 0.980. The quantitative estimate of drug-likeness (QED) is 0.572. The van der Waals surface area contributed by atoms with Gasteiger partial charge in [0.05, 0.1) is 0 Å². The van der Waals surface area contributed by atoms with Gasteiger partial charge in [0.2, 0.25) is 0 Å². The third-order valence-corrected chi connectivity index (χ3v) is 4.30. The lowest BCUT2D eigenvalue weighted by molar-refractivity contribution is -0.0613. The van der Waals surface area contributed by atoms with Crippen LogP contribution < -0.4 is 8.92 Å². The highest BCUT2D eigenvalue weighted by molar-refractivity contribution is 7.87. The van der Waals surface area contributed by atoms with E-state index in [4.69, 9.17) is 13.7 Å². The molecule has 124 valence electrons. The fourth-order valence-electron chi connectivity index (χ4n) is 1.91. The molecular weight excluding hydrogens is 316 g/mol. The van der Waals surface area contributed by atoms with E-state index in [-0.39, 0.29) is 16.9 Å². The Kier molecular flexibility index (Phi) is 5.63. The minimum atomic E-state index is -3.84. The van der Waals surface area contributed by atoms with Gasteiger partial charge in [-0.1, -0.05) is 17.7 Å². The minimum absolute atomic E-state index is 0.119. The zero-order chi connectivity index (χ0) is 16.9. The summed E-state index contributed by atoms with van der Waals surface area (Å²) in [5.74, 6) is 0.799. The van der Waals surface area contributed by atoms with Crippen LogP contribution in [0.15, 0.2) is 53.4 Å². The van der Waals surface area contributed by atoms with E-state index < -0.39 is 10.1 Å². The maximum Gasteiger partial charge on any atom is 0.339 e. The van der Waals surface area contributed by atoms with Crippen LogP contribution >= 0.6 is 0 Å². The highest BCUT2D eigenvalue weighted by Crippen LogP contribution is 2.22. The van der Waals surface area contributed by atoms with Crippen molar-refractivity contribution in [3.8, 4) is 11.5 Å². The molecule has 0 spiro atoms. The van der Waals surface area contributed by atoms with Crippen LogP contribution in [-0.2, 0) is 14.9 Å². The summed E-state index contributed by atoms with van der Waals surface area (Å²) in [5, 5.41) is 0. The van der Waals surface area contributed by atoms with Gasteiger partial charge in [-0.05, 0) is 57.2 Å². The van der Waals surface area contributed by atoms with Crippen molar-refractivity contribution in [3.63, 3.8) is 0 Å². The van der Waals surface area contributed by atoms with Gasteiger partial charge in [-0.3, -0.25) is 0 Å². The summed E-state index contributed by atoms with van der Waals surface area (Å²) < 4.78 is 40.3. The summed E-state index contributed by atoms with van der Waals surface area (Å²) in [6.45, 7) is 6.11. The molecule has 0 aliphatic heterocycles. The van der Waals surface area contributed by atoms with Gasteiger partial charge in [-0.25, -0.2) is 0 Å². The van der Waals surface area contributed by atoms with E-state index in [1.165, 1.54) is 12.1 Å². The lowest BCUT2D eigenvalue weighted by Crippen LogP contribution is -2.15. The standard InChI is InChI=1S/C17H20O5S/c1-4-20-14(3)21-15-7-9-16(10-8-15)22-23(18,19)17-11-5-13(2)6-12-17/h5-12,14H,4H2,1-3H3. The van der Waals surface area contributed by atoms with Crippen LogP contribution in [0.1, 0.15) is 19.4 Å². The average molecular weight is 336 g/mol. The van der Waals surface area contributed by atoms with Gasteiger partial charge in [0, 0.05) is 6.61 Å². The summed E-state index contributed by atoms with van der Waals surface area (Å²) in [7, 11) is -3.84. The average Bonchev–Trinajstić information content (AvgIpc) is 2.50. The van der Waals surface area contributed by atoms with E-state index in [0.717, 1.165) is 5.56 Å². The first-order chi connectivity index (χ1) is 10.9. The van der Waals surface area contributed by atoms with Gasteiger partial charge in [-0.2, -0.15) is 8.42 Å². The molecular formula is C17H20O5S. The number of ether oxygens (including phenoxy) is 2. The van der Waals surface area contributed by atoms with E-state index in [9.17, 15) is 8.42 Å². The lowest BCUT2D eigenvalue weighted by Gasteiger charge is -2.14. The van der Waals surface area contributed by atoms with Crippen molar-refractivity contribution in [2.45, 2.75) is 32.0 Å². The van der Waals surface area contributed by atoms with Gasteiger partial charge in [-0.15, -0.1) is 0 Å². The van der Waals surface area contributed by atoms with Crippen molar-refractivity contribution in [3.05, 3.63) is 54.1 Å². The largest absolute Gasteiger partial charge is 0.465 e.